The lowest BCUT2D eigenvalue weighted by atomic mass is 10.0. The highest BCUT2D eigenvalue weighted by Gasteiger charge is 2.33. The Morgan fingerprint density at radius 1 is 0.850 bits per heavy atom. The molecule has 0 aliphatic rings. The van der Waals surface area contributed by atoms with Crippen LogP contribution in [0.3, 0.4) is 0 Å². The van der Waals surface area contributed by atoms with Crippen molar-refractivity contribution < 1.29 is 18.0 Å². The van der Waals surface area contributed by atoms with E-state index in [0.29, 0.717) is 12.1 Å². The van der Waals surface area contributed by atoms with Crippen molar-refractivity contribution in [3.05, 3.63) is 101 Å². The van der Waals surface area contributed by atoms with E-state index in [2.05, 4.69) is 5.32 Å². The fourth-order valence-electron chi connectivity index (χ4n) is 4.59. The number of anilines is 1. The molecule has 2 amide bonds. The van der Waals surface area contributed by atoms with Crippen LogP contribution >= 0.6 is 0 Å². The highest BCUT2D eigenvalue weighted by Crippen LogP contribution is 2.23. The van der Waals surface area contributed by atoms with E-state index in [1.165, 1.54) is 4.90 Å². The van der Waals surface area contributed by atoms with E-state index < -0.39 is 28.5 Å². The van der Waals surface area contributed by atoms with Crippen molar-refractivity contribution in [1.29, 1.82) is 0 Å². The van der Waals surface area contributed by atoms with Crippen LogP contribution in [0.2, 0.25) is 0 Å². The molecule has 3 aromatic rings. The zero-order chi connectivity index (χ0) is 29.4. The van der Waals surface area contributed by atoms with Crippen LogP contribution < -0.4 is 9.62 Å². The summed E-state index contributed by atoms with van der Waals surface area (Å²) in [5, 5.41) is 3.05. The minimum absolute atomic E-state index is 0.0788. The Hall–Kier alpha value is -3.65. The first-order chi connectivity index (χ1) is 18.9. The molecular weight excluding hydrogens is 522 g/mol. The first kappa shape index (κ1) is 30.9. The lowest BCUT2D eigenvalue weighted by molar-refractivity contribution is -0.140. The monoisotopic (exact) mass is 563 g/mol. The topological polar surface area (TPSA) is 86.8 Å². The maximum atomic E-state index is 14.1. The van der Waals surface area contributed by atoms with Crippen molar-refractivity contribution in [1.82, 2.24) is 10.2 Å². The highest BCUT2D eigenvalue weighted by atomic mass is 32.2. The van der Waals surface area contributed by atoms with Crippen LogP contribution in [0.4, 0.5) is 5.69 Å². The molecule has 7 nitrogen and oxygen atoms in total. The largest absolute Gasteiger partial charge is 0.352 e. The average Bonchev–Trinajstić information content (AvgIpc) is 2.89. The van der Waals surface area contributed by atoms with Gasteiger partial charge >= 0.3 is 0 Å². The SMILES string of the molecule is CC[C@@H](C)NC(=O)[C@H](Cc1ccccc1)N(Cc1ccc(C)cc1)C(=O)CN(c1cc(C)cc(C)c1)S(C)(=O)=O. The van der Waals surface area contributed by atoms with Gasteiger partial charge in [-0.15, -0.1) is 0 Å². The third-order valence-electron chi connectivity index (χ3n) is 6.92. The van der Waals surface area contributed by atoms with Crippen LogP contribution in [0.5, 0.6) is 0 Å². The van der Waals surface area contributed by atoms with Crippen molar-refractivity contribution in [3.63, 3.8) is 0 Å². The van der Waals surface area contributed by atoms with Gasteiger partial charge < -0.3 is 10.2 Å². The Morgan fingerprint density at radius 2 is 1.45 bits per heavy atom. The van der Waals surface area contributed by atoms with Gasteiger partial charge in [0, 0.05) is 19.0 Å². The maximum Gasteiger partial charge on any atom is 0.244 e. The van der Waals surface area contributed by atoms with Gasteiger partial charge in [0.1, 0.15) is 12.6 Å². The van der Waals surface area contributed by atoms with Crippen LogP contribution in [0.25, 0.3) is 0 Å². The molecule has 0 radical (unpaired) electrons. The number of hydrogen-bond acceptors (Lipinski definition) is 4. The Labute approximate surface area is 239 Å². The molecule has 0 spiro atoms. The molecule has 0 aliphatic heterocycles. The smallest absolute Gasteiger partial charge is 0.244 e. The Kier molecular flexibility index (Phi) is 10.5. The van der Waals surface area contributed by atoms with Crippen LogP contribution in [0.1, 0.15) is 48.1 Å². The molecule has 0 bridgehead atoms. The summed E-state index contributed by atoms with van der Waals surface area (Å²) in [7, 11) is -3.80. The Morgan fingerprint density at radius 3 is 2.00 bits per heavy atom. The summed E-state index contributed by atoms with van der Waals surface area (Å²) in [6.45, 7) is 9.41. The highest BCUT2D eigenvalue weighted by molar-refractivity contribution is 7.92. The zero-order valence-corrected chi connectivity index (χ0v) is 25.2. The summed E-state index contributed by atoms with van der Waals surface area (Å²) in [6, 6.07) is 21.9. The van der Waals surface area contributed by atoms with Crippen molar-refractivity contribution in [2.24, 2.45) is 0 Å². The van der Waals surface area contributed by atoms with E-state index in [1.807, 2.05) is 95.3 Å². The van der Waals surface area contributed by atoms with Gasteiger partial charge in [-0.05, 0) is 68.5 Å². The summed E-state index contributed by atoms with van der Waals surface area (Å²) in [5.41, 5.74) is 5.04. The predicted molar refractivity (Wildman–Crippen MR) is 162 cm³/mol. The standard InChI is InChI=1S/C32H41N3O4S/c1-7-26(5)33-32(37)30(20-27-11-9-8-10-12-27)34(21-28-15-13-23(2)14-16-28)31(36)22-35(40(6,38)39)29-18-24(3)17-25(4)19-29/h8-19,26,30H,7,20-22H2,1-6H3,(H,33,37)/t26-,30+/m1/s1. The molecule has 3 aromatic carbocycles. The first-order valence-electron chi connectivity index (χ1n) is 13.6. The van der Waals surface area contributed by atoms with Crippen molar-refractivity contribution in [2.75, 3.05) is 17.1 Å². The third kappa shape index (κ3) is 8.68. The van der Waals surface area contributed by atoms with Crippen molar-refractivity contribution >= 4 is 27.5 Å². The summed E-state index contributed by atoms with van der Waals surface area (Å²) in [6.07, 6.45) is 2.13. The number of nitrogens with one attached hydrogen (secondary N) is 1. The third-order valence-corrected chi connectivity index (χ3v) is 8.06. The number of benzene rings is 3. The van der Waals surface area contributed by atoms with Gasteiger partial charge in [-0.2, -0.15) is 0 Å². The number of nitrogens with zero attached hydrogens (tertiary/aromatic N) is 2. The van der Waals surface area contributed by atoms with Gasteiger partial charge in [0.2, 0.25) is 21.8 Å². The average molecular weight is 564 g/mol. The second kappa shape index (κ2) is 13.6. The number of aryl methyl sites for hydroxylation is 3. The lowest BCUT2D eigenvalue weighted by Crippen LogP contribution is -2.54. The Balaban J connectivity index is 2.07. The lowest BCUT2D eigenvalue weighted by Gasteiger charge is -2.34. The first-order valence-corrected chi connectivity index (χ1v) is 15.5. The Bertz CT molecular complexity index is 1390. The van der Waals surface area contributed by atoms with Crippen molar-refractivity contribution in [2.45, 2.75) is 66.1 Å². The van der Waals surface area contributed by atoms with Crippen molar-refractivity contribution in [3.8, 4) is 0 Å². The fourth-order valence-corrected chi connectivity index (χ4v) is 5.43. The van der Waals surface area contributed by atoms with Gasteiger partial charge in [-0.25, -0.2) is 8.42 Å². The van der Waals surface area contributed by atoms with Gasteiger partial charge in [-0.3, -0.25) is 13.9 Å². The molecule has 0 unspecified atom stereocenters. The zero-order valence-electron chi connectivity index (χ0n) is 24.3. The number of carbonyl (C=O) groups is 2. The molecule has 2 atom stereocenters. The number of carbonyl (C=O) groups excluding carboxylic acids is 2. The molecule has 214 valence electrons. The second-order valence-electron chi connectivity index (χ2n) is 10.6. The van der Waals surface area contributed by atoms with Gasteiger partial charge in [0.05, 0.1) is 11.9 Å². The molecule has 0 saturated heterocycles. The van der Waals surface area contributed by atoms with E-state index in [-0.39, 0.29) is 18.5 Å². The van der Waals surface area contributed by atoms with E-state index in [9.17, 15) is 18.0 Å². The van der Waals surface area contributed by atoms with E-state index >= 15 is 0 Å². The minimum atomic E-state index is -3.80. The summed E-state index contributed by atoms with van der Waals surface area (Å²) < 4.78 is 27.1. The molecule has 0 heterocycles. The molecule has 0 fully saturated rings. The summed E-state index contributed by atoms with van der Waals surface area (Å²) >= 11 is 0. The summed E-state index contributed by atoms with van der Waals surface area (Å²) in [4.78, 5) is 29.4. The van der Waals surface area contributed by atoms with Crippen LogP contribution in [0.15, 0.2) is 72.8 Å². The maximum absolute atomic E-state index is 14.1. The molecule has 3 rings (SSSR count). The van der Waals surface area contributed by atoms with Gasteiger partial charge in [0.15, 0.2) is 0 Å². The quantitative estimate of drug-likeness (QED) is 0.339. The van der Waals surface area contributed by atoms with E-state index in [0.717, 1.165) is 44.8 Å². The number of rotatable bonds is 12. The fraction of sp³-hybridized carbons (Fsp3) is 0.375. The van der Waals surface area contributed by atoms with Gasteiger partial charge in [0.25, 0.3) is 0 Å². The molecular formula is C32H41N3O4S. The second-order valence-corrected chi connectivity index (χ2v) is 12.6. The predicted octanol–water partition coefficient (Wildman–Crippen LogP) is 4.93. The normalized spacial score (nSPS) is 12.8. The summed E-state index contributed by atoms with van der Waals surface area (Å²) in [5.74, 6) is -0.721. The minimum Gasteiger partial charge on any atom is -0.352 e. The molecule has 1 N–H and O–H groups in total. The molecule has 0 saturated carbocycles. The molecule has 0 aliphatic carbocycles. The number of sulfonamides is 1. The van der Waals surface area contributed by atoms with Crippen LogP contribution in [-0.4, -0.2) is 50.0 Å². The molecule has 40 heavy (non-hydrogen) atoms. The van der Waals surface area contributed by atoms with E-state index in [1.54, 1.807) is 12.1 Å². The number of amides is 2. The molecule has 8 heteroatoms. The van der Waals surface area contributed by atoms with E-state index in [4.69, 9.17) is 0 Å². The van der Waals surface area contributed by atoms with Crippen LogP contribution in [0, 0.1) is 20.8 Å². The van der Waals surface area contributed by atoms with Crippen LogP contribution in [-0.2, 0) is 32.6 Å². The molecule has 0 aromatic heterocycles. The van der Waals surface area contributed by atoms with Gasteiger partial charge in [-0.1, -0.05) is 73.2 Å². The number of hydrogen-bond donors (Lipinski definition) is 1.